The number of halogens is 6. The molecule has 13 heteroatoms. The Kier molecular flexibility index (Phi) is 8.98. The van der Waals surface area contributed by atoms with Gasteiger partial charge in [0.2, 0.25) is 5.91 Å². The molecule has 2 aromatic carbocycles. The molecule has 44 heavy (non-hydrogen) atoms. The Labute approximate surface area is 256 Å². The van der Waals surface area contributed by atoms with Crippen molar-refractivity contribution < 1.29 is 46.5 Å². The van der Waals surface area contributed by atoms with Gasteiger partial charge in [0.25, 0.3) is 0 Å². The van der Waals surface area contributed by atoms with Crippen LogP contribution in [-0.2, 0) is 19.8 Å². The van der Waals surface area contributed by atoms with Gasteiger partial charge in [-0.15, -0.1) is 0 Å². The number of fused-ring (bicyclic) bond motifs is 2. The van der Waals surface area contributed by atoms with Crippen molar-refractivity contribution >= 4 is 34.9 Å². The molecule has 4 atom stereocenters. The number of ketones is 1. The van der Waals surface area contributed by atoms with Crippen LogP contribution in [0.3, 0.4) is 0 Å². The second-order valence-electron chi connectivity index (χ2n) is 13.3. The maximum atomic E-state index is 15.5. The SMILES string of the molecule is CC(C)(C)C[C@H]1N[C@@H](C(=O)CC2CC(C)(O)C2)[C@H](c2cccc(F)c2F)[C@@]12C(=O)Nc1cc(Cl)ccc12.O=C(O)C(F)(F)F. The number of nitrogens with one attached hydrogen (secondary N) is 2. The van der Waals surface area contributed by atoms with Crippen molar-refractivity contribution in [1.29, 1.82) is 0 Å². The summed E-state index contributed by atoms with van der Waals surface area (Å²) in [5.74, 6) is -6.34. The number of hydrogen-bond donors (Lipinski definition) is 4. The fraction of sp³-hybridized carbons (Fsp3) is 0.516. The average Bonchev–Trinajstić information content (AvgIpc) is 3.33. The zero-order chi connectivity index (χ0) is 33.0. The first-order valence-electron chi connectivity index (χ1n) is 14.0. The summed E-state index contributed by atoms with van der Waals surface area (Å²) in [5.41, 5.74) is -1.24. The molecule has 0 unspecified atom stereocenters. The van der Waals surface area contributed by atoms with Crippen LogP contribution in [0.25, 0.3) is 0 Å². The Morgan fingerprint density at radius 1 is 1.09 bits per heavy atom. The smallest absolute Gasteiger partial charge is 0.475 e. The van der Waals surface area contributed by atoms with Gasteiger partial charge in [0.15, 0.2) is 17.4 Å². The summed E-state index contributed by atoms with van der Waals surface area (Å²) in [6.07, 6.45) is -3.38. The van der Waals surface area contributed by atoms with Gasteiger partial charge in [-0.1, -0.05) is 50.6 Å². The van der Waals surface area contributed by atoms with Crippen molar-refractivity contribution in [3.05, 3.63) is 64.2 Å². The highest BCUT2D eigenvalue weighted by molar-refractivity contribution is 6.31. The molecule has 1 saturated carbocycles. The largest absolute Gasteiger partial charge is 0.490 e. The number of alkyl halides is 3. The van der Waals surface area contributed by atoms with E-state index in [1.165, 1.54) is 12.1 Å². The zero-order valence-electron chi connectivity index (χ0n) is 24.5. The highest BCUT2D eigenvalue weighted by atomic mass is 35.5. The minimum Gasteiger partial charge on any atom is -0.475 e. The number of aliphatic hydroxyl groups is 1. The predicted molar refractivity (Wildman–Crippen MR) is 152 cm³/mol. The monoisotopic (exact) mass is 644 g/mol. The van der Waals surface area contributed by atoms with E-state index in [9.17, 15) is 32.3 Å². The van der Waals surface area contributed by atoms with Gasteiger partial charge in [-0.05, 0) is 66.8 Å². The molecule has 5 rings (SSSR count). The third kappa shape index (κ3) is 6.48. The second kappa shape index (κ2) is 11.7. The number of benzene rings is 2. The minimum atomic E-state index is -5.08. The van der Waals surface area contributed by atoms with E-state index < -0.39 is 52.8 Å². The number of aliphatic carboxylic acids is 1. The quantitative estimate of drug-likeness (QED) is 0.292. The van der Waals surface area contributed by atoms with Crippen LogP contribution in [-0.4, -0.2) is 51.7 Å². The van der Waals surface area contributed by atoms with Crippen LogP contribution >= 0.6 is 11.6 Å². The molecule has 2 aromatic rings. The standard InChI is InChI=1S/C29H33ClF2N2O3.C2HF3O2/c1-27(2,3)14-22-29(18-9-8-16(30)11-20(18)33-26(29)36)23(17-6-5-7-19(31)24(17)32)25(34-22)21(35)10-15-12-28(4,37)13-15;3-2(4,5)1(6)7/h5-9,11,15,22-23,25,34,37H,10,12-14H2,1-4H3,(H,33,36);(H,6,7)/t15?,22-,23+,25+,28?,29+;/m1./s1. The molecular weight excluding hydrogens is 611 g/mol. The Morgan fingerprint density at radius 3 is 2.25 bits per heavy atom. The molecule has 2 aliphatic heterocycles. The van der Waals surface area contributed by atoms with E-state index in [1.54, 1.807) is 25.1 Å². The fourth-order valence-electron chi connectivity index (χ4n) is 6.94. The van der Waals surface area contributed by atoms with E-state index in [0.29, 0.717) is 35.5 Å². The summed E-state index contributed by atoms with van der Waals surface area (Å²) in [6.45, 7) is 7.87. The van der Waals surface area contributed by atoms with Crippen molar-refractivity contribution in [3.8, 4) is 0 Å². The van der Waals surface area contributed by atoms with Crippen molar-refractivity contribution in [1.82, 2.24) is 5.32 Å². The summed E-state index contributed by atoms with van der Waals surface area (Å²) >= 11 is 6.24. The van der Waals surface area contributed by atoms with E-state index in [4.69, 9.17) is 21.5 Å². The number of Topliss-reactive ketones (excluding diaryl/α,β-unsaturated/α-hetero) is 1. The minimum absolute atomic E-state index is 0.000755. The zero-order valence-corrected chi connectivity index (χ0v) is 25.2. The molecule has 240 valence electrons. The fourth-order valence-corrected chi connectivity index (χ4v) is 7.12. The van der Waals surface area contributed by atoms with Gasteiger partial charge in [0, 0.05) is 29.1 Å². The molecule has 0 radical (unpaired) electrons. The van der Waals surface area contributed by atoms with Gasteiger partial charge in [0.1, 0.15) is 5.41 Å². The van der Waals surface area contributed by atoms with Crippen molar-refractivity contribution in [2.45, 2.75) is 88.6 Å². The molecule has 3 aliphatic rings. The highest BCUT2D eigenvalue weighted by Gasteiger charge is 2.66. The van der Waals surface area contributed by atoms with Gasteiger partial charge in [-0.3, -0.25) is 9.59 Å². The highest BCUT2D eigenvalue weighted by Crippen LogP contribution is 2.57. The first kappa shape index (κ1) is 33.8. The number of anilines is 1. The first-order valence-corrected chi connectivity index (χ1v) is 14.4. The van der Waals surface area contributed by atoms with Gasteiger partial charge >= 0.3 is 12.1 Å². The Balaban J connectivity index is 0.000000566. The predicted octanol–water partition coefficient (Wildman–Crippen LogP) is 6.12. The third-order valence-electron chi connectivity index (χ3n) is 8.47. The molecule has 1 amide bonds. The van der Waals surface area contributed by atoms with Gasteiger partial charge in [-0.25, -0.2) is 13.6 Å². The average molecular weight is 645 g/mol. The lowest BCUT2D eigenvalue weighted by Crippen LogP contribution is -2.49. The molecule has 7 nitrogen and oxygen atoms in total. The number of carbonyl (C=O) groups excluding carboxylic acids is 2. The van der Waals surface area contributed by atoms with Crippen LogP contribution in [0.5, 0.6) is 0 Å². The number of rotatable bonds is 5. The number of carboxylic acid groups (broad SMARTS) is 1. The normalized spacial score (nSPS) is 29.4. The lowest BCUT2D eigenvalue weighted by atomic mass is 9.61. The lowest BCUT2D eigenvalue weighted by Gasteiger charge is -2.41. The van der Waals surface area contributed by atoms with Crippen molar-refractivity contribution in [2.75, 3.05) is 5.32 Å². The molecule has 4 N–H and O–H groups in total. The number of carboxylic acids is 1. The Morgan fingerprint density at radius 2 is 1.70 bits per heavy atom. The molecular formula is C31H34ClF5N2O5. The number of carbonyl (C=O) groups is 3. The number of hydrogen-bond acceptors (Lipinski definition) is 5. The van der Waals surface area contributed by atoms with Crippen LogP contribution in [0.2, 0.25) is 5.02 Å². The first-order chi connectivity index (χ1) is 20.2. The summed E-state index contributed by atoms with van der Waals surface area (Å²) in [5, 5.41) is 24.1. The van der Waals surface area contributed by atoms with Crippen molar-refractivity contribution in [2.24, 2.45) is 11.3 Å². The van der Waals surface area contributed by atoms with Crippen molar-refractivity contribution in [3.63, 3.8) is 0 Å². The summed E-state index contributed by atoms with van der Waals surface area (Å²) in [4.78, 5) is 36.8. The maximum absolute atomic E-state index is 15.5. The maximum Gasteiger partial charge on any atom is 0.490 e. The van der Waals surface area contributed by atoms with Crippen LogP contribution in [0.15, 0.2) is 36.4 Å². The Bertz CT molecular complexity index is 1470. The molecule has 1 aliphatic carbocycles. The van der Waals surface area contributed by atoms with E-state index in [-0.39, 0.29) is 35.0 Å². The van der Waals surface area contributed by atoms with Crippen LogP contribution in [0.1, 0.15) is 70.4 Å². The third-order valence-corrected chi connectivity index (χ3v) is 8.71. The summed E-state index contributed by atoms with van der Waals surface area (Å²) in [6, 6.07) is 7.58. The van der Waals surface area contributed by atoms with Crippen LogP contribution in [0.4, 0.5) is 27.6 Å². The van der Waals surface area contributed by atoms with E-state index in [1.807, 2.05) is 20.8 Å². The topological polar surface area (TPSA) is 116 Å². The Hall–Kier alpha value is -3.09. The summed E-state index contributed by atoms with van der Waals surface area (Å²) in [7, 11) is 0. The summed E-state index contributed by atoms with van der Waals surface area (Å²) < 4.78 is 61.8. The van der Waals surface area contributed by atoms with E-state index in [2.05, 4.69) is 10.6 Å². The van der Waals surface area contributed by atoms with Crippen LogP contribution in [0, 0.1) is 23.0 Å². The van der Waals surface area contributed by atoms with E-state index in [0.717, 1.165) is 6.07 Å². The van der Waals surface area contributed by atoms with Gasteiger partial charge < -0.3 is 20.8 Å². The van der Waals surface area contributed by atoms with Gasteiger partial charge in [-0.2, -0.15) is 13.2 Å². The van der Waals surface area contributed by atoms with E-state index >= 15 is 4.39 Å². The molecule has 2 fully saturated rings. The molecule has 1 spiro atoms. The molecule has 1 saturated heterocycles. The number of amides is 1. The second-order valence-corrected chi connectivity index (χ2v) is 13.8. The molecule has 0 bridgehead atoms. The molecule has 2 heterocycles. The van der Waals surface area contributed by atoms with Gasteiger partial charge in [0.05, 0.1) is 11.6 Å². The molecule has 0 aromatic heterocycles. The van der Waals surface area contributed by atoms with Crippen LogP contribution < -0.4 is 10.6 Å². The lowest BCUT2D eigenvalue weighted by molar-refractivity contribution is -0.192.